The smallest absolute Gasteiger partial charge is 0.239 e. The lowest BCUT2D eigenvalue weighted by molar-refractivity contribution is -0.124. The van der Waals surface area contributed by atoms with E-state index < -0.39 is 0 Å². The molecule has 0 radical (unpaired) electrons. The molecule has 4 nitrogen and oxygen atoms in total. The Hall–Kier alpha value is -1.92. The Kier molecular flexibility index (Phi) is 5.48. The largest absolute Gasteiger partial charge is 0.285 e. The number of hydrogen-bond donors (Lipinski definition) is 0. The fourth-order valence-corrected chi connectivity index (χ4v) is 3.38. The van der Waals surface area contributed by atoms with Gasteiger partial charge in [0.15, 0.2) is 5.17 Å². The second kappa shape index (κ2) is 7.77. The summed E-state index contributed by atoms with van der Waals surface area (Å²) in [5.74, 6) is 0.485. The quantitative estimate of drug-likeness (QED) is 0.568. The first kappa shape index (κ1) is 16.9. The van der Waals surface area contributed by atoms with E-state index in [-0.39, 0.29) is 5.91 Å². The van der Waals surface area contributed by atoms with Gasteiger partial charge in [-0.05, 0) is 35.7 Å². The zero-order chi connectivity index (χ0) is 16.9. The Morgan fingerprint density at radius 2 is 1.96 bits per heavy atom. The second-order valence-corrected chi connectivity index (χ2v) is 7.23. The molecule has 3 rings (SSSR count). The number of carbonyl (C=O) groups is 1. The van der Waals surface area contributed by atoms with E-state index in [1.807, 2.05) is 55.5 Å². The molecule has 0 aliphatic carbocycles. The van der Waals surface area contributed by atoms with E-state index in [0.717, 1.165) is 15.6 Å². The number of carbonyl (C=O) groups excluding carboxylic acids is 1. The van der Waals surface area contributed by atoms with Gasteiger partial charge in [0.05, 0.1) is 18.5 Å². The number of halogens is 1. The zero-order valence-corrected chi connectivity index (χ0v) is 15.5. The molecule has 0 spiro atoms. The van der Waals surface area contributed by atoms with Gasteiger partial charge in [0.2, 0.25) is 5.91 Å². The normalized spacial score (nSPS) is 16.5. The minimum Gasteiger partial charge on any atom is -0.285 e. The molecule has 0 saturated carbocycles. The molecule has 6 heteroatoms. The number of thioether (sulfide) groups is 1. The van der Waals surface area contributed by atoms with E-state index in [1.54, 1.807) is 11.1 Å². The van der Waals surface area contributed by atoms with Crippen molar-refractivity contribution in [1.82, 2.24) is 4.90 Å². The van der Waals surface area contributed by atoms with Crippen LogP contribution >= 0.6 is 27.7 Å². The topological polar surface area (TPSA) is 45.0 Å². The molecule has 1 heterocycles. The summed E-state index contributed by atoms with van der Waals surface area (Å²) in [6.07, 6.45) is 1.69. The predicted molar refractivity (Wildman–Crippen MR) is 103 cm³/mol. The van der Waals surface area contributed by atoms with Gasteiger partial charge in [0, 0.05) is 4.47 Å². The maximum Gasteiger partial charge on any atom is 0.239 e. The second-order valence-electron chi connectivity index (χ2n) is 5.37. The van der Waals surface area contributed by atoms with Crippen LogP contribution < -0.4 is 0 Å². The molecule has 2 aromatic rings. The van der Waals surface area contributed by atoms with Crippen molar-refractivity contribution in [1.29, 1.82) is 0 Å². The summed E-state index contributed by atoms with van der Waals surface area (Å²) in [5, 5.41) is 9.03. The van der Waals surface area contributed by atoms with E-state index in [9.17, 15) is 4.79 Å². The van der Waals surface area contributed by atoms with E-state index >= 15 is 0 Å². The number of amidine groups is 1. The van der Waals surface area contributed by atoms with Gasteiger partial charge in [0.1, 0.15) is 0 Å². The van der Waals surface area contributed by atoms with E-state index in [0.29, 0.717) is 17.5 Å². The number of rotatable bonds is 4. The van der Waals surface area contributed by atoms with Crippen LogP contribution in [0.5, 0.6) is 0 Å². The van der Waals surface area contributed by atoms with Crippen molar-refractivity contribution in [2.24, 2.45) is 10.2 Å². The van der Waals surface area contributed by atoms with Crippen molar-refractivity contribution in [3.8, 4) is 0 Å². The van der Waals surface area contributed by atoms with Crippen LogP contribution in [0.2, 0.25) is 0 Å². The molecule has 1 saturated heterocycles. The molecule has 0 atom stereocenters. The van der Waals surface area contributed by atoms with Gasteiger partial charge in [-0.2, -0.15) is 5.10 Å². The highest BCUT2D eigenvalue weighted by Crippen LogP contribution is 2.23. The lowest BCUT2D eigenvalue weighted by Crippen LogP contribution is -2.29. The Bertz CT molecular complexity index is 802. The van der Waals surface area contributed by atoms with Crippen LogP contribution in [-0.4, -0.2) is 27.9 Å². The monoisotopic (exact) mass is 401 g/mol. The minimum atomic E-state index is 0.0702. The first-order chi connectivity index (χ1) is 11.6. The molecular formula is C18H16BrN3OS. The first-order valence-electron chi connectivity index (χ1n) is 7.48. The van der Waals surface area contributed by atoms with Crippen LogP contribution in [0.15, 0.2) is 63.2 Å². The molecule has 122 valence electrons. The van der Waals surface area contributed by atoms with Crippen LogP contribution in [0.25, 0.3) is 0 Å². The van der Waals surface area contributed by atoms with E-state index in [2.05, 4.69) is 26.1 Å². The number of aryl methyl sites for hydroxylation is 1. The van der Waals surface area contributed by atoms with Crippen molar-refractivity contribution in [3.05, 3.63) is 69.7 Å². The third kappa shape index (κ3) is 4.13. The Labute approximate surface area is 153 Å². The molecule has 24 heavy (non-hydrogen) atoms. The molecule has 1 aliphatic rings. The minimum absolute atomic E-state index is 0.0702. The van der Waals surface area contributed by atoms with Crippen molar-refractivity contribution in [3.63, 3.8) is 0 Å². The van der Waals surface area contributed by atoms with Gasteiger partial charge in [-0.15, -0.1) is 5.10 Å². The average molecular weight is 402 g/mol. The molecule has 0 aromatic heterocycles. The number of hydrogen-bond acceptors (Lipinski definition) is 4. The highest BCUT2D eigenvalue weighted by Gasteiger charge is 2.28. The van der Waals surface area contributed by atoms with E-state index in [4.69, 9.17) is 0 Å². The summed E-state index contributed by atoms with van der Waals surface area (Å²) >= 11 is 4.83. The van der Waals surface area contributed by atoms with Gasteiger partial charge in [-0.25, -0.2) is 0 Å². The summed E-state index contributed by atoms with van der Waals surface area (Å²) in [6, 6.07) is 15.9. The highest BCUT2D eigenvalue weighted by atomic mass is 79.9. The molecule has 0 N–H and O–H groups in total. The average Bonchev–Trinajstić information content (AvgIpc) is 2.92. The zero-order valence-electron chi connectivity index (χ0n) is 13.1. The molecule has 0 unspecified atom stereocenters. The van der Waals surface area contributed by atoms with Gasteiger partial charge in [-0.1, -0.05) is 64.1 Å². The van der Waals surface area contributed by atoms with Crippen molar-refractivity contribution < 1.29 is 4.79 Å². The standard InChI is InChI=1S/C18H16BrN3OS/c1-13-4-2-3-5-15(13)11-22-17(23)12-24-18(22)21-20-10-14-6-8-16(19)9-7-14/h2-10H,11-12H2,1H3/b20-10-,21-18-. The molecule has 1 fully saturated rings. The van der Waals surface area contributed by atoms with Crippen LogP contribution in [0, 0.1) is 6.92 Å². The summed E-state index contributed by atoms with van der Waals surface area (Å²) in [6.45, 7) is 2.58. The first-order valence-corrected chi connectivity index (χ1v) is 9.25. The lowest BCUT2D eigenvalue weighted by atomic mass is 10.1. The molecule has 1 aliphatic heterocycles. The van der Waals surface area contributed by atoms with Crippen LogP contribution in [-0.2, 0) is 11.3 Å². The maximum absolute atomic E-state index is 12.1. The van der Waals surface area contributed by atoms with Gasteiger partial charge in [-0.3, -0.25) is 9.69 Å². The van der Waals surface area contributed by atoms with Gasteiger partial charge in [0.25, 0.3) is 0 Å². The molecular weight excluding hydrogens is 386 g/mol. The fourth-order valence-electron chi connectivity index (χ4n) is 2.28. The maximum atomic E-state index is 12.1. The Balaban J connectivity index is 1.75. The summed E-state index contributed by atoms with van der Waals surface area (Å²) in [7, 11) is 0. The summed E-state index contributed by atoms with van der Waals surface area (Å²) < 4.78 is 1.02. The molecule has 1 amide bonds. The third-order valence-electron chi connectivity index (χ3n) is 3.67. The summed E-state index contributed by atoms with van der Waals surface area (Å²) in [4.78, 5) is 13.8. The van der Waals surface area contributed by atoms with Crippen LogP contribution in [0.3, 0.4) is 0 Å². The number of amides is 1. The molecule has 0 bridgehead atoms. The lowest BCUT2D eigenvalue weighted by Gasteiger charge is -2.16. The van der Waals surface area contributed by atoms with E-state index in [1.165, 1.54) is 17.3 Å². The Morgan fingerprint density at radius 3 is 2.71 bits per heavy atom. The summed E-state index contributed by atoms with van der Waals surface area (Å²) in [5.41, 5.74) is 3.25. The van der Waals surface area contributed by atoms with Gasteiger partial charge >= 0.3 is 0 Å². The van der Waals surface area contributed by atoms with Crippen molar-refractivity contribution in [2.75, 3.05) is 5.75 Å². The SMILES string of the molecule is Cc1ccccc1CN1C(=O)CS/C1=N\N=C/c1ccc(Br)cc1. The molecule has 2 aromatic carbocycles. The van der Waals surface area contributed by atoms with Crippen molar-refractivity contribution >= 4 is 45.0 Å². The number of benzene rings is 2. The predicted octanol–water partition coefficient (Wildman–Crippen LogP) is 4.22. The Morgan fingerprint density at radius 1 is 1.21 bits per heavy atom. The fraction of sp³-hybridized carbons (Fsp3) is 0.167. The van der Waals surface area contributed by atoms with Crippen LogP contribution in [0.4, 0.5) is 0 Å². The van der Waals surface area contributed by atoms with Crippen molar-refractivity contribution in [2.45, 2.75) is 13.5 Å². The highest BCUT2D eigenvalue weighted by molar-refractivity contribution is 9.10. The number of nitrogens with zero attached hydrogens (tertiary/aromatic N) is 3. The third-order valence-corrected chi connectivity index (χ3v) is 5.15. The van der Waals surface area contributed by atoms with Gasteiger partial charge < -0.3 is 0 Å². The van der Waals surface area contributed by atoms with Crippen LogP contribution in [0.1, 0.15) is 16.7 Å².